The lowest BCUT2D eigenvalue weighted by atomic mass is 9.73. The van der Waals surface area contributed by atoms with E-state index < -0.39 is 0 Å². The average Bonchev–Trinajstić information content (AvgIpc) is 2.32. The van der Waals surface area contributed by atoms with Gasteiger partial charge in [-0.25, -0.2) is 0 Å². The van der Waals surface area contributed by atoms with Crippen molar-refractivity contribution < 1.29 is 0 Å². The molecule has 0 amide bonds. The van der Waals surface area contributed by atoms with Crippen molar-refractivity contribution >= 4 is 11.4 Å². The molecular formula is C16H25N3. The van der Waals surface area contributed by atoms with Gasteiger partial charge in [-0.2, -0.15) is 5.26 Å². The molecule has 2 rings (SSSR count). The first kappa shape index (κ1) is 15.4. The second kappa shape index (κ2) is 6.47. The molecule has 104 valence electrons. The maximum Gasteiger partial charge on any atom is 0.0992 e. The number of nitrogens with two attached hydrogens (primary N) is 2. The summed E-state index contributed by atoms with van der Waals surface area (Å²) in [7, 11) is 0. The number of hydrogen-bond donors (Lipinski definition) is 2. The standard InChI is InChI=1S/C9H18.C7H7N3/c1-8-5-4-6-9(2,3)7-8;8-4-5-1-2-6(9)7(10)3-5/h8H,4-7H2,1-3H3;1-3H,9-10H2. The molecule has 19 heavy (non-hydrogen) atoms. The van der Waals surface area contributed by atoms with E-state index in [0.717, 1.165) is 5.92 Å². The lowest BCUT2D eigenvalue weighted by Gasteiger charge is -2.33. The fourth-order valence-corrected chi connectivity index (χ4v) is 2.72. The largest absolute Gasteiger partial charge is 0.397 e. The second-order valence-electron chi connectivity index (χ2n) is 6.32. The summed E-state index contributed by atoms with van der Waals surface area (Å²) in [5.41, 5.74) is 13.0. The van der Waals surface area contributed by atoms with Crippen molar-refractivity contribution in [3.63, 3.8) is 0 Å². The van der Waals surface area contributed by atoms with Crippen molar-refractivity contribution in [1.82, 2.24) is 0 Å². The Bertz CT molecular complexity index is 458. The molecule has 1 aliphatic rings. The van der Waals surface area contributed by atoms with Crippen LogP contribution in [0.2, 0.25) is 0 Å². The van der Waals surface area contributed by atoms with E-state index in [-0.39, 0.29) is 0 Å². The number of nitriles is 1. The summed E-state index contributed by atoms with van der Waals surface area (Å²) < 4.78 is 0. The minimum atomic E-state index is 0.457. The Morgan fingerprint density at radius 1 is 1.26 bits per heavy atom. The highest BCUT2D eigenvalue weighted by Crippen LogP contribution is 2.37. The zero-order valence-corrected chi connectivity index (χ0v) is 12.2. The van der Waals surface area contributed by atoms with Crippen LogP contribution in [-0.4, -0.2) is 0 Å². The number of benzene rings is 1. The highest BCUT2D eigenvalue weighted by atomic mass is 14.7. The molecule has 1 atom stereocenters. The quantitative estimate of drug-likeness (QED) is 0.693. The summed E-state index contributed by atoms with van der Waals surface area (Å²) in [4.78, 5) is 0. The summed E-state index contributed by atoms with van der Waals surface area (Å²) in [5, 5.41) is 8.41. The molecule has 0 bridgehead atoms. The predicted molar refractivity (Wildman–Crippen MR) is 81.4 cm³/mol. The van der Waals surface area contributed by atoms with Crippen LogP contribution < -0.4 is 11.5 Å². The zero-order valence-electron chi connectivity index (χ0n) is 12.2. The SMILES string of the molecule is CC1CCCC(C)(C)C1.N#Cc1ccc(N)c(N)c1. The van der Waals surface area contributed by atoms with Crippen LogP contribution in [0.25, 0.3) is 0 Å². The van der Waals surface area contributed by atoms with Gasteiger partial charge in [0.2, 0.25) is 0 Å². The van der Waals surface area contributed by atoms with Crippen LogP contribution in [-0.2, 0) is 0 Å². The van der Waals surface area contributed by atoms with Gasteiger partial charge in [-0.15, -0.1) is 0 Å². The fraction of sp³-hybridized carbons (Fsp3) is 0.562. The maximum absolute atomic E-state index is 8.41. The topological polar surface area (TPSA) is 75.8 Å². The van der Waals surface area contributed by atoms with Gasteiger partial charge < -0.3 is 11.5 Å². The third kappa shape index (κ3) is 5.21. The molecule has 1 aliphatic carbocycles. The highest BCUT2D eigenvalue weighted by molar-refractivity contribution is 5.65. The Morgan fingerprint density at radius 3 is 2.37 bits per heavy atom. The monoisotopic (exact) mass is 259 g/mol. The van der Waals surface area contributed by atoms with Crippen LogP contribution >= 0.6 is 0 Å². The molecule has 1 aromatic carbocycles. The third-order valence-corrected chi connectivity index (χ3v) is 3.67. The molecule has 0 aliphatic heterocycles. The van der Waals surface area contributed by atoms with Crippen LogP contribution in [0, 0.1) is 22.7 Å². The molecule has 1 unspecified atom stereocenters. The van der Waals surface area contributed by atoms with Crippen molar-refractivity contribution in [2.75, 3.05) is 11.5 Å². The number of hydrogen-bond acceptors (Lipinski definition) is 3. The van der Waals surface area contributed by atoms with E-state index >= 15 is 0 Å². The molecule has 0 radical (unpaired) electrons. The molecule has 0 spiro atoms. The number of anilines is 2. The van der Waals surface area contributed by atoms with Crippen molar-refractivity contribution in [2.24, 2.45) is 11.3 Å². The van der Waals surface area contributed by atoms with Gasteiger partial charge in [-0.3, -0.25) is 0 Å². The summed E-state index contributed by atoms with van der Waals surface area (Å²) in [6, 6.07) is 6.76. The fourth-order valence-electron chi connectivity index (χ4n) is 2.72. The van der Waals surface area contributed by atoms with E-state index in [9.17, 15) is 0 Å². The molecule has 4 N–H and O–H groups in total. The lowest BCUT2D eigenvalue weighted by molar-refractivity contribution is 0.191. The molecule has 0 heterocycles. The van der Waals surface area contributed by atoms with Gasteiger partial charge in [0.1, 0.15) is 0 Å². The Kier molecular flexibility index (Phi) is 5.23. The van der Waals surface area contributed by atoms with Crippen LogP contribution in [0.4, 0.5) is 11.4 Å². The normalized spacial score (nSPS) is 20.8. The van der Waals surface area contributed by atoms with Crippen LogP contribution in [0.5, 0.6) is 0 Å². The molecule has 0 aromatic heterocycles. The van der Waals surface area contributed by atoms with E-state index in [1.807, 2.05) is 6.07 Å². The zero-order chi connectivity index (χ0) is 14.5. The number of rotatable bonds is 0. The summed E-state index contributed by atoms with van der Waals surface area (Å²) in [5.74, 6) is 0.980. The Hall–Kier alpha value is -1.69. The van der Waals surface area contributed by atoms with Gasteiger partial charge in [0.25, 0.3) is 0 Å². The third-order valence-electron chi connectivity index (χ3n) is 3.67. The van der Waals surface area contributed by atoms with Crippen molar-refractivity contribution in [1.29, 1.82) is 5.26 Å². The van der Waals surface area contributed by atoms with E-state index in [2.05, 4.69) is 20.8 Å². The first-order valence-corrected chi connectivity index (χ1v) is 6.89. The molecule has 0 saturated heterocycles. The molecule has 3 heteroatoms. The van der Waals surface area contributed by atoms with Gasteiger partial charge in [-0.1, -0.05) is 33.6 Å². The van der Waals surface area contributed by atoms with Crippen molar-refractivity contribution in [2.45, 2.75) is 46.5 Å². The van der Waals surface area contributed by atoms with Crippen LogP contribution in [0.15, 0.2) is 18.2 Å². The van der Waals surface area contributed by atoms with E-state index in [4.69, 9.17) is 16.7 Å². The minimum Gasteiger partial charge on any atom is -0.397 e. The van der Waals surface area contributed by atoms with Crippen LogP contribution in [0.1, 0.15) is 52.0 Å². The van der Waals surface area contributed by atoms with E-state index in [0.29, 0.717) is 22.4 Å². The van der Waals surface area contributed by atoms with Gasteiger partial charge >= 0.3 is 0 Å². The van der Waals surface area contributed by atoms with Gasteiger partial charge in [0.15, 0.2) is 0 Å². The molecule has 3 nitrogen and oxygen atoms in total. The molecular weight excluding hydrogens is 234 g/mol. The Labute approximate surface area is 116 Å². The van der Waals surface area contributed by atoms with Crippen molar-refractivity contribution in [3.8, 4) is 6.07 Å². The first-order valence-electron chi connectivity index (χ1n) is 6.89. The average molecular weight is 259 g/mol. The minimum absolute atomic E-state index is 0.457. The Morgan fingerprint density at radius 2 is 1.95 bits per heavy atom. The van der Waals surface area contributed by atoms with E-state index in [1.54, 1.807) is 18.2 Å². The smallest absolute Gasteiger partial charge is 0.0992 e. The molecule has 1 saturated carbocycles. The Balaban J connectivity index is 0.000000191. The van der Waals surface area contributed by atoms with Gasteiger partial charge in [0, 0.05) is 0 Å². The summed E-state index contributed by atoms with van der Waals surface area (Å²) >= 11 is 0. The first-order chi connectivity index (χ1) is 8.84. The maximum atomic E-state index is 8.41. The molecule has 1 fully saturated rings. The highest BCUT2D eigenvalue weighted by Gasteiger charge is 2.24. The predicted octanol–water partition coefficient (Wildman–Crippen LogP) is 3.95. The number of nitrogens with zero attached hydrogens (tertiary/aromatic N) is 1. The summed E-state index contributed by atoms with van der Waals surface area (Å²) in [6.07, 6.45) is 5.79. The van der Waals surface area contributed by atoms with Crippen molar-refractivity contribution in [3.05, 3.63) is 23.8 Å². The van der Waals surface area contributed by atoms with Gasteiger partial charge in [0.05, 0.1) is 23.0 Å². The summed E-state index contributed by atoms with van der Waals surface area (Å²) in [6.45, 7) is 7.16. The van der Waals surface area contributed by atoms with E-state index in [1.165, 1.54) is 25.7 Å². The van der Waals surface area contributed by atoms with Gasteiger partial charge in [-0.05, 0) is 42.4 Å². The lowest BCUT2D eigenvalue weighted by Crippen LogP contribution is -2.20. The van der Waals surface area contributed by atoms with Crippen LogP contribution in [0.3, 0.4) is 0 Å². The number of nitrogen functional groups attached to an aromatic ring is 2. The second-order valence-corrected chi connectivity index (χ2v) is 6.32. The molecule has 1 aromatic rings.